The Morgan fingerprint density at radius 2 is 2.15 bits per heavy atom. The summed E-state index contributed by atoms with van der Waals surface area (Å²) in [6, 6.07) is 2.86. The zero-order chi connectivity index (χ0) is 9.42. The van der Waals surface area contributed by atoms with Gasteiger partial charge in [-0.1, -0.05) is 0 Å². The van der Waals surface area contributed by atoms with E-state index in [0.29, 0.717) is 10.9 Å². The van der Waals surface area contributed by atoms with Crippen molar-refractivity contribution in [3.05, 3.63) is 39.0 Å². The van der Waals surface area contributed by atoms with E-state index in [-0.39, 0.29) is 11.1 Å². The Balaban J connectivity index is 3.12. The molecule has 0 bridgehead atoms. The average Bonchev–Trinajstić information content (AvgIpc) is 2.12. The summed E-state index contributed by atoms with van der Waals surface area (Å²) in [5, 5.41) is 6.39. The average molecular weight is 177 g/mol. The molecule has 0 fully saturated rings. The van der Waals surface area contributed by atoms with Crippen LogP contribution in [0.4, 0.5) is 0 Å². The molecule has 0 amide bonds. The molecule has 2 aromatic rings. The molecule has 0 radical (unpaired) electrons. The van der Waals surface area contributed by atoms with Crippen molar-refractivity contribution in [1.29, 1.82) is 0 Å². The van der Waals surface area contributed by atoms with Crippen molar-refractivity contribution in [3.63, 3.8) is 0 Å². The maximum Gasteiger partial charge on any atom is 0.273 e. The fraction of sp³-hybridized carbons (Fsp3) is 0.125. The van der Waals surface area contributed by atoms with E-state index in [1.165, 1.54) is 22.9 Å². The minimum Gasteiger partial charge on any atom is -0.310 e. The molecule has 0 unspecified atom stereocenters. The Labute approximate surface area is 72.6 Å². The molecule has 13 heavy (non-hydrogen) atoms. The van der Waals surface area contributed by atoms with Crippen molar-refractivity contribution < 1.29 is 0 Å². The van der Waals surface area contributed by atoms with E-state index in [9.17, 15) is 9.59 Å². The molecular weight excluding hydrogens is 170 g/mol. The fourth-order valence-electron chi connectivity index (χ4n) is 1.21. The molecule has 2 heterocycles. The summed E-state index contributed by atoms with van der Waals surface area (Å²) in [5.74, 6) is 0. The summed E-state index contributed by atoms with van der Waals surface area (Å²) in [4.78, 5) is 22.4. The van der Waals surface area contributed by atoms with Crippen molar-refractivity contribution in [3.8, 4) is 0 Å². The van der Waals surface area contributed by atoms with Crippen molar-refractivity contribution in [1.82, 2.24) is 14.8 Å². The number of aryl methyl sites for hydroxylation is 1. The molecule has 2 rings (SSSR count). The lowest BCUT2D eigenvalue weighted by Crippen LogP contribution is -2.19. The Morgan fingerprint density at radius 3 is 2.92 bits per heavy atom. The summed E-state index contributed by atoms with van der Waals surface area (Å²) in [7, 11) is 1.60. The molecular formula is C8H7N3O2. The van der Waals surface area contributed by atoms with E-state index in [0.717, 1.165) is 0 Å². The molecule has 0 saturated heterocycles. The van der Waals surface area contributed by atoms with Gasteiger partial charge in [0.05, 0.1) is 17.1 Å². The topological polar surface area (TPSA) is 67.8 Å². The summed E-state index contributed by atoms with van der Waals surface area (Å²) < 4.78 is 1.39. The number of pyridine rings is 1. The second-order valence-electron chi connectivity index (χ2n) is 2.73. The predicted molar refractivity (Wildman–Crippen MR) is 47.6 cm³/mol. The van der Waals surface area contributed by atoms with Gasteiger partial charge in [-0.05, 0) is 6.07 Å². The van der Waals surface area contributed by atoms with E-state index in [1.807, 2.05) is 0 Å². The van der Waals surface area contributed by atoms with E-state index in [4.69, 9.17) is 0 Å². The number of rotatable bonds is 0. The highest BCUT2D eigenvalue weighted by molar-refractivity contribution is 5.76. The lowest BCUT2D eigenvalue weighted by Gasteiger charge is -2.00. The molecule has 0 aliphatic rings. The largest absolute Gasteiger partial charge is 0.310 e. The molecule has 0 aliphatic heterocycles. The number of nitrogens with zero attached hydrogens (tertiary/aromatic N) is 2. The molecule has 0 atom stereocenters. The predicted octanol–water partition coefficient (Wildman–Crippen LogP) is -0.378. The third kappa shape index (κ3) is 1.05. The zero-order valence-corrected chi connectivity index (χ0v) is 6.94. The van der Waals surface area contributed by atoms with E-state index in [2.05, 4.69) is 10.2 Å². The van der Waals surface area contributed by atoms with Gasteiger partial charge >= 0.3 is 0 Å². The molecule has 0 saturated carbocycles. The van der Waals surface area contributed by atoms with E-state index < -0.39 is 0 Å². The minimum absolute atomic E-state index is 0.153. The smallest absolute Gasteiger partial charge is 0.273 e. The number of hydrogen-bond acceptors (Lipinski definition) is 3. The summed E-state index contributed by atoms with van der Waals surface area (Å²) in [6.07, 6.45) is 1.46. The molecule has 0 aromatic carbocycles. The van der Waals surface area contributed by atoms with Gasteiger partial charge in [0.1, 0.15) is 0 Å². The van der Waals surface area contributed by atoms with Crippen LogP contribution in [0.2, 0.25) is 0 Å². The SMILES string of the molecule is Cn1c(=O)ccc2c(=O)[nH]ncc21. The number of fused-ring (bicyclic) bond motifs is 1. The first-order valence-corrected chi connectivity index (χ1v) is 3.73. The number of aromatic amines is 1. The van der Waals surface area contributed by atoms with Crippen LogP contribution >= 0.6 is 0 Å². The molecule has 0 spiro atoms. The van der Waals surface area contributed by atoms with Crippen molar-refractivity contribution >= 4 is 10.9 Å². The molecule has 2 aromatic heterocycles. The summed E-state index contributed by atoms with van der Waals surface area (Å²) in [5.41, 5.74) is 0.101. The van der Waals surface area contributed by atoms with Gasteiger partial charge in [-0.25, -0.2) is 5.10 Å². The lowest BCUT2D eigenvalue weighted by molar-refractivity contribution is 0.888. The highest BCUT2D eigenvalue weighted by atomic mass is 16.1. The van der Waals surface area contributed by atoms with E-state index in [1.54, 1.807) is 7.05 Å². The maximum atomic E-state index is 11.2. The highest BCUT2D eigenvalue weighted by Crippen LogP contribution is 2.01. The van der Waals surface area contributed by atoms with Crippen LogP contribution in [0.25, 0.3) is 10.9 Å². The quantitative estimate of drug-likeness (QED) is 0.596. The van der Waals surface area contributed by atoms with Crippen molar-refractivity contribution in [2.24, 2.45) is 7.05 Å². The molecule has 5 heteroatoms. The second kappa shape index (κ2) is 2.55. The number of nitrogens with one attached hydrogen (secondary N) is 1. The van der Waals surface area contributed by atoms with Crippen LogP contribution in [0.3, 0.4) is 0 Å². The van der Waals surface area contributed by atoms with E-state index >= 15 is 0 Å². The molecule has 1 N–H and O–H groups in total. The van der Waals surface area contributed by atoms with Gasteiger partial charge in [-0.15, -0.1) is 0 Å². The Bertz CT molecular complexity index is 567. The van der Waals surface area contributed by atoms with Gasteiger partial charge in [0, 0.05) is 13.1 Å². The Hall–Kier alpha value is -1.91. The molecule has 5 nitrogen and oxygen atoms in total. The number of hydrogen-bond donors (Lipinski definition) is 1. The summed E-state index contributed by atoms with van der Waals surface area (Å²) >= 11 is 0. The first-order chi connectivity index (χ1) is 6.20. The standard InChI is InChI=1S/C8H7N3O2/c1-11-6-4-9-10-8(13)5(6)2-3-7(11)12/h2-4H,1H3,(H,10,13). The van der Waals surface area contributed by atoms with Gasteiger partial charge in [-0.2, -0.15) is 5.10 Å². The number of H-pyrrole nitrogens is 1. The Kier molecular flexibility index (Phi) is 1.51. The third-order valence-electron chi connectivity index (χ3n) is 1.96. The number of aromatic nitrogens is 3. The van der Waals surface area contributed by atoms with Crippen LogP contribution in [0.5, 0.6) is 0 Å². The monoisotopic (exact) mass is 177 g/mol. The van der Waals surface area contributed by atoms with Crippen LogP contribution in [-0.2, 0) is 7.05 Å². The van der Waals surface area contributed by atoms with Crippen molar-refractivity contribution in [2.45, 2.75) is 0 Å². The van der Waals surface area contributed by atoms with Crippen molar-refractivity contribution in [2.75, 3.05) is 0 Å². The zero-order valence-electron chi connectivity index (χ0n) is 6.94. The first-order valence-electron chi connectivity index (χ1n) is 3.73. The summed E-state index contributed by atoms with van der Waals surface area (Å²) in [6.45, 7) is 0. The van der Waals surface area contributed by atoms with Crippen LogP contribution in [0.15, 0.2) is 27.9 Å². The minimum atomic E-state index is -0.284. The highest BCUT2D eigenvalue weighted by Gasteiger charge is 2.01. The molecule has 0 aliphatic carbocycles. The van der Waals surface area contributed by atoms with Gasteiger partial charge in [0.15, 0.2) is 0 Å². The van der Waals surface area contributed by atoms with Gasteiger partial charge in [0.25, 0.3) is 11.1 Å². The van der Waals surface area contributed by atoms with Crippen LogP contribution in [0.1, 0.15) is 0 Å². The lowest BCUT2D eigenvalue weighted by atomic mass is 10.3. The van der Waals surface area contributed by atoms with Crippen LogP contribution < -0.4 is 11.1 Å². The van der Waals surface area contributed by atoms with Gasteiger partial charge in [-0.3, -0.25) is 9.59 Å². The van der Waals surface area contributed by atoms with Crippen LogP contribution in [0, 0.1) is 0 Å². The maximum absolute atomic E-state index is 11.2. The van der Waals surface area contributed by atoms with Gasteiger partial charge < -0.3 is 4.57 Å². The Morgan fingerprint density at radius 1 is 1.38 bits per heavy atom. The van der Waals surface area contributed by atoms with Gasteiger partial charge in [0.2, 0.25) is 0 Å². The van der Waals surface area contributed by atoms with Crippen LogP contribution in [-0.4, -0.2) is 14.8 Å². The second-order valence-corrected chi connectivity index (χ2v) is 2.73. The normalized spacial score (nSPS) is 10.5. The third-order valence-corrected chi connectivity index (χ3v) is 1.96. The molecule has 66 valence electrons. The fourth-order valence-corrected chi connectivity index (χ4v) is 1.21. The first kappa shape index (κ1) is 7.72.